The summed E-state index contributed by atoms with van der Waals surface area (Å²) >= 11 is 3.50. The number of anilines is 1. The van der Waals surface area contributed by atoms with E-state index in [1.807, 2.05) is 13.0 Å². The van der Waals surface area contributed by atoms with E-state index in [1.165, 1.54) is 15.3 Å². The Hall–Kier alpha value is -2.40. The van der Waals surface area contributed by atoms with Gasteiger partial charge in [0.2, 0.25) is 11.8 Å². The predicted octanol–water partition coefficient (Wildman–Crippen LogP) is 4.48. The fraction of sp³-hybridized carbons (Fsp3) is 0.300. The Balaban J connectivity index is 1.56. The third-order valence-electron chi connectivity index (χ3n) is 4.98. The number of carbonyl (C=O) groups excluding carboxylic acids is 1. The van der Waals surface area contributed by atoms with E-state index in [4.69, 9.17) is 4.42 Å². The number of hydrogen-bond donors (Lipinski definition) is 1. The maximum absolute atomic E-state index is 12.7. The van der Waals surface area contributed by atoms with E-state index in [0.29, 0.717) is 11.3 Å². The number of thiophene rings is 2. The number of aryl methyl sites for hydroxylation is 1. The molecule has 3 aromatic heterocycles. The van der Waals surface area contributed by atoms with Gasteiger partial charge in [-0.25, -0.2) is 0 Å². The van der Waals surface area contributed by atoms with Gasteiger partial charge in [0.25, 0.3) is 0 Å². The Morgan fingerprint density at radius 1 is 1.37 bits per heavy atom. The van der Waals surface area contributed by atoms with Crippen molar-refractivity contribution in [2.24, 2.45) is 0 Å². The summed E-state index contributed by atoms with van der Waals surface area (Å²) in [6.07, 6.45) is 0.949. The average molecular weight is 398 g/mol. The molecule has 5 nitrogen and oxygen atoms in total. The number of nitrogens with one attached hydrogen (secondary N) is 1. The zero-order valence-electron chi connectivity index (χ0n) is 15.1. The minimum atomic E-state index is -0.166. The monoisotopic (exact) mass is 397 g/mol. The standard InChI is InChI=1S/C20H19N3O2S2/c1-12-13(2)25-20(15(12)10-21)22-18(24)11-23-7-5-16-14(6-9-27-16)19(23)17-4-3-8-26-17/h3-4,6,8-9,19H,5,7,11H2,1-2H3,(H,22,24). The first-order valence-corrected chi connectivity index (χ1v) is 10.5. The highest BCUT2D eigenvalue weighted by Crippen LogP contribution is 2.39. The molecular weight excluding hydrogens is 378 g/mol. The molecule has 1 N–H and O–H groups in total. The van der Waals surface area contributed by atoms with Crippen molar-refractivity contribution in [3.63, 3.8) is 0 Å². The van der Waals surface area contributed by atoms with Crippen LogP contribution in [0.2, 0.25) is 0 Å². The molecule has 0 radical (unpaired) electrons. The predicted molar refractivity (Wildman–Crippen MR) is 107 cm³/mol. The number of furan rings is 1. The Morgan fingerprint density at radius 2 is 2.22 bits per heavy atom. The van der Waals surface area contributed by atoms with Gasteiger partial charge in [-0.15, -0.1) is 22.7 Å². The molecule has 0 saturated heterocycles. The zero-order valence-corrected chi connectivity index (χ0v) is 16.7. The van der Waals surface area contributed by atoms with Gasteiger partial charge in [0, 0.05) is 21.9 Å². The summed E-state index contributed by atoms with van der Waals surface area (Å²) in [6, 6.07) is 8.56. The number of amides is 1. The lowest BCUT2D eigenvalue weighted by molar-refractivity contribution is -0.117. The van der Waals surface area contributed by atoms with Crippen molar-refractivity contribution in [1.82, 2.24) is 4.90 Å². The van der Waals surface area contributed by atoms with E-state index < -0.39 is 0 Å². The van der Waals surface area contributed by atoms with E-state index in [2.05, 4.69) is 39.2 Å². The van der Waals surface area contributed by atoms with Crippen LogP contribution in [-0.4, -0.2) is 23.9 Å². The first-order valence-electron chi connectivity index (χ1n) is 8.72. The van der Waals surface area contributed by atoms with E-state index >= 15 is 0 Å². The molecule has 1 atom stereocenters. The fourth-order valence-electron chi connectivity index (χ4n) is 3.52. The van der Waals surface area contributed by atoms with Crippen molar-refractivity contribution in [3.8, 4) is 6.07 Å². The maximum atomic E-state index is 12.7. The Labute approximate surface area is 165 Å². The fourth-order valence-corrected chi connectivity index (χ4v) is 5.30. The van der Waals surface area contributed by atoms with E-state index in [1.54, 1.807) is 29.6 Å². The van der Waals surface area contributed by atoms with Crippen LogP contribution in [0.3, 0.4) is 0 Å². The summed E-state index contributed by atoms with van der Waals surface area (Å²) in [5.41, 5.74) is 2.46. The molecule has 1 aliphatic heterocycles. The molecule has 0 saturated carbocycles. The summed E-state index contributed by atoms with van der Waals surface area (Å²) in [5.74, 6) is 0.734. The highest BCUT2D eigenvalue weighted by Gasteiger charge is 2.31. The van der Waals surface area contributed by atoms with E-state index in [0.717, 1.165) is 18.5 Å². The second kappa shape index (κ2) is 7.31. The van der Waals surface area contributed by atoms with Crippen LogP contribution < -0.4 is 5.32 Å². The summed E-state index contributed by atoms with van der Waals surface area (Å²) in [5, 5.41) is 16.3. The van der Waals surface area contributed by atoms with E-state index in [9.17, 15) is 10.1 Å². The summed E-state index contributed by atoms with van der Waals surface area (Å²) in [7, 11) is 0. The lowest BCUT2D eigenvalue weighted by atomic mass is 9.98. The van der Waals surface area contributed by atoms with Crippen molar-refractivity contribution in [1.29, 1.82) is 5.26 Å². The number of fused-ring (bicyclic) bond motifs is 1. The molecule has 0 aliphatic carbocycles. The molecule has 4 rings (SSSR count). The van der Waals surface area contributed by atoms with Gasteiger partial charge in [0.1, 0.15) is 17.4 Å². The highest BCUT2D eigenvalue weighted by atomic mass is 32.1. The van der Waals surface area contributed by atoms with Gasteiger partial charge in [0.15, 0.2) is 0 Å². The quantitative estimate of drug-likeness (QED) is 0.705. The van der Waals surface area contributed by atoms with Crippen LogP contribution in [0.4, 0.5) is 5.88 Å². The molecule has 0 bridgehead atoms. The Morgan fingerprint density at radius 3 is 2.96 bits per heavy atom. The molecule has 0 spiro atoms. The van der Waals surface area contributed by atoms with Crippen LogP contribution >= 0.6 is 22.7 Å². The van der Waals surface area contributed by atoms with Gasteiger partial charge in [-0.1, -0.05) is 6.07 Å². The molecule has 27 heavy (non-hydrogen) atoms. The molecule has 1 amide bonds. The van der Waals surface area contributed by atoms with Crippen molar-refractivity contribution in [2.45, 2.75) is 26.3 Å². The number of nitrogens with zero attached hydrogens (tertiary/aromatic N) is 2. The Kier molecular flexibility index (Phi) is 4.87. The normalized spacial score (nSPS) is 16.7. The SMILES string of the molecule is Cc1oc(NC(=O)CN2CCc3sccc3C2c2cccs2)c(C#N)c1C. The highest BCUT2D eigenvalue weighted by molar-refractivity contribution is 7.10. The molecule has 4 heterocycles. The van der Waals surface area contributed by atoms with Crippen molar-refractivity contribution < 1.29 is 9.21 Å². The van der Waals surface area contributed by atoms with Crippen LogP contribution in [0.5, 0.6) is 0 Å². The number of carbonyl (C=O) groups is 1. The summed E-state index contributed by atoms with van der Waals surface area (Å²) in [4.78, 5) is 17.6. The molecule has 7 heteroatoms. The third kappa shape index (κ3) is 3.32. The van der Waals surface area contributed by atoms with Gasteiger partial charge in [-0.2, -0.15) is 5.26 Å². The molecule has 138 valence electrons. The summed E-state index contributed by atoms with van der Waals surface area (Å²) < 4.78 is 5.57. The van der Waals surface area contributed by atoms with Crippen LogP contribution in [0, 0.1) is 25.2 Å². The van der Waals surface area contributed by atoms with Crippen molar-refractivity contribution in [2.75, 3.05) is 18.4 Å². The second-order valence-corrected chi connectivity index (χ2v) is 8.56. The molecule has 1 unspecified atom stereocenters. The van der Waals surface area contributed by atoms with Crippen LogP contribution in [0.1, 0.15) is 38.2 Å². The van der Waals surface area contributed by atoms with Gasteiger partial charge < -0.3 is 4.42 Å². The number of hydrogen-bond acceptors (Lipinski definition) is 6. The number of rotatable bonds is 4. The zero-order chi connectivity index (χ0) is 19.0. The Bertz CT molecular complexity index is 1010. The molecule has 1 aliphatic rings. The molecule has 3 aromatic rings. The first kappa shape index (κ1) is 18.0. The average Bonchev–Trinajstić information content (AvgIpc) is 3.37. The van der Waals surface area contributed by atoms with Crippen LogP contribution in [0.15, 0.2) is 33.4 Å². The largest absolute Gasteiger partial charge is 0.444 e. The smallest absolute Gasteiger partial charge is 0.240 e. The van der Waals surface area contributed by atoms with Crippen molar-refractivity contribution in [3.05, 3.63) is 61.2 Å². The van der Waals surface area contributed by atoms with Crippen LogP contribution in [-0.2, 0) is 11.2 Å². The molecular formula is C20H19N3O2S2. The summed E-state index contributed by atoms with van der Waals surface area (Å²) in [6.45, 7) is 4.69. The number of nitriles is 1. The van der Waals surface area contributed by atoms with Gasteiger partial charge in [-0.05, 0) is 48.7 Å². The van der Waals surface area contributed by atoms with Crippen molar-refractivity contribution >= 4 is 34.5 Å². The molecule has 0 aromatic carbocycles. The van der Waals surface area contributed by atoms with Gasteiger partial charge in [0.05, 0.1) is 12.6 Å². The minimum Gasteiger partial charge on any atom is -0.444 e. The maximum Gasteiger partial charge on any atom is 0.240 e. The van der Waals surface area contributed by atoms with Crippen LogP contribution in [0.25, 0.3) is 0 Å². The van der Waals surface area contributed by atoms with Gasteiger partial charge >= 0.3 is 0 Å². The van der Waals surface area contributed by atoms with E-state index in [-0.39, 0.29) is 24.4 Å². The molecule has 0 fully saturated rings. The minimum absolute atomic E-state index is 0.0984. The van der Waals surface area contributed by atoms with Gasteiger partial charge in [-0.3, -0.25) is 15.0 Å². The third-order valence-corrected chi connectivity index (χ3v) is 6.90. The first-order chi connectivity index (χ1) is 13.1. The lowest BCUT2D eigenvalue weighted by Crippen LogP contribution is -2.40. The lowest BCUT2D eigenvalue weighted by Gasteiger charge is -2.34. The second-order valence-electron chi connectivity index (χ2n) is 6.58. The topological polar surface area (TPSA) is 69.3 Å².